The number of nitrogens with zero attached hydrogens (tertiary/aromatic N) is 4. The molecule has 2 aromatic rings. The zero-order chi connectivity index (χ0) is 17.3. The van der Waals surface area contributed by atoms with E-state index in [0.717, 1.165) is 36.5 Å². The van der Waals surface area contributed by atoms with Crippen LogP contribution in [-0.2, 0) is 4.79 Å². The first kappa shape index (κ1) is 16.6. The van der Waals surface area contributed by atoms with E-state index in [1.807, 2.05) is 27.7 Å². The minimum Gasteiger partial charge on any atom is -0.339 e. The van der Waals surface area contributed by atoms with Crippen molar-refractivity contribution in [2.75, 3.05) is 18.4 Å². The third-order valence-corrected chi connectivity index (χ3v) is 4.35. The monoisotopic (exact) mass is 332 g/mol. The summed E-state index contributed by atoms with van der Waals surface area (Å²) in [6.45, 7) is 8.96. The number of aryl methyl sites for hydroxylation is 2. The molecule has 0 saturated carbocycles. The van der Waals surface area contributed by atoms with Crippen LogP contribution in [0.5, 0.6) is 0 Å². The van der Waals surface area contributed by atoms with Crippen LogP contribution in [0.2, 0.25) is 0 Å². The molecule has 3 rings (SSSR count). The number of carbonyl (C=O) groups is 1. The minimum atomic E-state index is -0.0536. The predicted octanol–water partition coefficient (Wildman–Crippen LogP) is 2.31. The number of hydrogen-bond donors (Lipinski definition) is 2. The van der Waals surface area contributed by atoms with Crippen LogP contribution in [0.4, 0.5) is 5.69 Å². The number of hydrogen-bond acceptors (Lipinski definition) is 6. The number of aromatic nitrogens is 4. The Morgan fingerprint density at radius 3 is 2.88 bits per heavy atom. The lowest BCUT2D eigenvalue weighted by Gasteiger charge is -2.21. The molecule has 1 aliphatic heterocycles. The average Bonchev–Trinajstić information content (AvgIpc) is 3.23. The lowest BCUT2D eigenvalue weighted by molar-refractivity contribution is -0.117. The fourth-order valence-corrected chi connectivity index (χ4v) is 3.02. The third-order valence-electron chi connectivity index (χ3n) is 4.35. The second-order valence-corrected chi connectivity index (χ2v) is 6.63. The number of anilines is 1. The Kier molecular flexibility index (Phi) is 4.66. The number of H-pyrrole nitrogens is 1. The van der Waals surface area contributed by atoms with Crippen molar-refractivity contribution in [3.8, 4) is 0 Å². The van der Waals surface area contributed by atoms with Gasteiger partial charge in [0.2, 0.25) is 11.8 Å². The molecule has 1 fully saturated rings. The van der Waals surface area contributed by atoms with Gasteiger partial charge >= 0.3 is 0 Å². The third kappa shape index (κ3) is 3.33. The SMILES string of the molecule is Cc1n[nH]c(C)c1NC(=O)CN1CCC[C@H]1c1noc(C(C)C)n1. The van der Waals surface area contributed by atoms with Gasteiger partial charge in [-0.05, 0) is 33.2 Å². The van der Waals surface area contributed by atoms with Crippen LogP contribution in [0.3, 0.4) is 0 Å². The fourth-order valence-electron chi connectivity index (χ4n) is 3.02. The number of nitrogens with one attached hydrogen (secondary N) is 2. The first-order chi connectivity index (χ1) is 11.5. The molecule has 2 aromatic heterocycles. The molecule has 0 aromatic carbocycles. The van der Waals surface area contributed by atoms with Gasteiger partial charge in [-0.2, -0.15) is 10.1 Å². The maximum atomic E-state index is 12.4. The highest BCUT2D eigenvalue weighted by Gasteiger charge is 2.31. The molecule has 3 heterocycles. The van der Waals surface area contributed by atoms with Crippen LogP contribution < -0.4 is 5.32 Å². The number of likely N-dealkylation sites (tertiary alicyclic amines) is 1. The molecule has 0 radical (unpaired) electrons. The van der Waals surface area contributed by atoms with Gasteiger partial charge in [0, 0.05) is 5.92 Å². The largest absolute Gasteiger partial charge is 0.339 e. The molecule has 8 nitrogen and oxygen atoms in total. The molecule has 0 unspecified atom stereocenters. The van der Waals surface area contributed by atoms with Crippen LogP contribution in [0.15, 0.2) is 4.52 Å². The van der Waals surface area contributed by atoms with Gasteiger partial charge in [-0.15, -0.1) is 0 Å². The number of carbonyl (C=O) groups excluding carboxylic acids is 1. The molecular formula is C16H24N6O2. The molecular weight excluding hydrogens is 308 g/mol. The van der Waals surface area contributed by atoms with Crippen LogP contribution >= 0.6 is 0 Å². The van der Waals surface area contributed by atoms with Gasteiger partial charge < -0.3 is 9.84 Å². The summed E-state index contributed by atoms with van der Waals surface area (Å²) in [5.41, 5.74) is 2.41. The summed E-state index contributed by atoms with van der Waals surface area (Å²) in [5, 5.41) is 14.0. The van der Waals surface area contributed by atoms with E-state index in [2.05, 4.69) is 30.6 Å². The zero-order valence-corrected chi connectivity index (χ0v) is 14.6. The van der Waals surface area contributed by atoms with Gasteiger partial charge in [0.25, 0.3) is 0 Å². The van der Waals surface area contributed by atoms with Crippen LogP contribution in [-0.4, -0.2) is 44.2 Å². The van der Waals surface area contributed by atoms with E-state index >= 15 is 0 Å². The van der Waals surface area contributed by atoms with Crippen LogP contribution in [0.1, 0.15) is 61.8 Å². The van der Waals surface area contributed by atoms with E-state index in [1.54, 1.807) is 0 Å². The first-order valence-corrected chi connectivity index (χ1v) is 8.34. The van der Waals surface area contributed by atoms with Crippen molar-refractivity contribution >= 4 is 11.6 Å². The van der Waals surface area contributed by atoms with E-state index in [-0.39, 0.29) is 17.9 Å². The quantitative estimate of drug-likeness (QED) is 0.871. The molecule has 130 valence electrons. The van der Waals surface area contributed by atoms with Crippen molar-refractivity contribution in [2.24, 2.45) is 0 Å². The van der Waals surface area contributed by atoms with Crippen molar-refractivity contribution in [1.29, 1.82) is 0 Å². The summed E-state index contributed by atoms with van der Waals surface area (Å²) >= 11 is 0. The Balaban J connectivity index is 1.66. The summed E-state index contributed by atoms with van der Waals surface area (Å²) < 4.78 is 5.31. The molecule has 2 N–H and O–H groups in total. The van der Waals surface area contributed by atoms with Gasteiger partial charge in [-0.1, -0.05) is 19.0 Å². The van der Waals surface area contributed by atoms with Crippen LogP contribution in [0.25, 0.3) is 0 Å². The lowest BCUT2D eigenvalue weighted by Crippen LogP contribution is -2.33. The highest BCUT2D eigenvalue weighted by atomic mass is 16.5. The first-order valence-electron chi connectivity index (χ1n) is 8.34. The summed E-state index contributed by atoms with van der Waals surface area (Å²) in [6.07, 6.45) is 1.96. The Labute approximate surface area is 141 Å². The molecule has 0 spiro atoms. The van der Waals surface area contributed by atoms with E-state index in [0.29, 0.717) is 18.3 Å². The highest BCUT2D eigenvalue weighted by molar-refractivity contribution is 5.93. The van der Waals surface area contributed by atoms with Crippen molar-refractivity contribution in [3.63, 3.8) is 0 Å². The molecule has 1 amide bonds. The molecule has 1 aliphatic rings. The molecule has 0 bridgehead atoms. The van der Waals surface area contributed by atoms with Gasteiger partial charge in [-0.3, -0.25) is 14.8 Å². The Hall–Kier alpha value is -2.22. The normalized spacial score (nSPS) is 18.5. The average molecular weight is 332 g/mol. The summed E-state index contributed by atoms with van der Waals surface area (Å²) in [4.78, 5) is 19.0. The molecule has 0 aliphatic carbocycles. The smallest absolute Gasteiger partial charge is 0.238 e. The van der Waals surface area contributed by atoms with Crippen molar-refractivity contribution in [1.82, 2.24) is 25.2 Å². The molecule has 8 heteroatoms. The van der Waals surface area contributed by atoms with Gasteiger partial charge in [0.1, 0.15) is 0 Å². The summed E-state index contributed by atoms with van der Waals surface area (Å²) in [5.74, 6) is 1.48. The molecule has 1 atom stereocenters. The van der Waals surface area contributed by atoms with Gasteiger partial charge in [0.05, 0.1) is 29.7 Å². The van der Waals surface area contributed by atoms with Crippen molar-refractivity contribution in [2.45, 2.75) is 52.5 Å². The minimum absolute atomic E-state index is 0.0403. The summed E-state index contributed by atoms with van der Waals surface area (Å²) in [6, 6.07) is 0.0403. The molecule has 24 heavy (non-hydrogen) atoms. The molecule has 1 saturated heterocycles. The second-order valence-electron chi connectivity index (χ2n) is 6.63. The van der Waals surface area contributed by atoms with E-state index in [1.165, 1.54) is 0 Å². The van der Waals surface area contributed by atoms with Crippen LogP contribution in [0, 0.1) is 13.8 Å². The lowest BCUT2D eigenvalue weighted by atomic mass is 10.2. The number of rotatable bonds is 5. The van der Waals surface area contributed by atoms with Crippen molar-refractivity contribution < 1.29 is 9.32 Å². The Morgan fingerprint density at radius 2 is 2.25 bits per heavy atom. The van der Waals surface area contributed by atoms with E-state index in [4.69, 9.17) is 4.52 Å². The van der Waals surface area contributed by atoms with Gasteiger partial charge in [-0.25, -0.2) is 0 Å². The van der Waals surface area contributed by atoms with E-state index in [9.17, 15) is 4.79 Å². The predicted molar refractivity (Wildman–Crippen MR) is 88.6 cm³/mol. The zero-order valence-electron chi connectivity index (χ0n) is 14.6. The maximum Gasteiger partial charge on any atom is 0.238 e. The van der Waals surface area contributed by atoms with Gasteiger partial charge in [0.15, 0.2) is 5.82 Å². The summed E-state index contributed by atoms with van der Waals surface area (Å²) in [7, 11) is 0. The fraction of sp³-hybridized carbons (Fsp3) is 0.625. The Morgan fingerprint density at radius 1 is 1.46 bits per heavy atom. The maximum absolute atomic E-state index is 12.4. The standard InChI is InChI=1S/C16H24N6O2/c1-9(2)16-18-15(21-24-16)12-6-5-7-22(12)8-13(23)17-14-10(3)19-20-11(14)4/h9,12H,5-8H2,1-4H3,(H,17,23)(H,19,20)/t12-/m0/s1. The second kappa shape index (κ2) is 6.72. The van der Waals surface area contributed by atoms with Crippen molar-refractivity contribution in [3.05, 3.63) is 23.1 Å². The topological polar surface area (TPSA) is 99.9 Å². The highest BCUT2D eigenvalue weighted by Crippen LogP contribution is 2.30. The number of amides is 1. The Bertz CT molecular complexity index is 700. The van der Waals surface area contributed by atoms with E-state index < -0.39 is 0 Å². The number of aromatic amines is 1.